The first-order valence-electron chi connectivity index (χ1n) is 12.0. The molecule has 188 valence electrons. The molecule has 3 aromatic carbocycles. The van der Waals surface area contributed by atoms with E-state index in [-0.39, 0.29) is 18.0 Å². The summed E-state index contributed by atoms with van der Waals surface area (Å²) >= 11 is 0. The topological polar surface area (TPSA) is 77.1 Å². The molecule has 8 heteroatoms. The Labute approximate surface area is 209 Å². The third-order valence-electron chi connectivity index (χ3n) is 5.74. The van der Waals surface area contributed by atoms with Crippen molar-refractivity contribution in [1.82, 2.24) is 4.90 Å². The third-order valence-corrected chi connectivity index (χ3v) is 5.74. The molecule has 36 heavy (non-hydrogen) atoms. The first-order chi connectivity index (χ1) is 17.5. The maximum Gasteiger partial charge on any atom is 0.255 e. The maximum atomic E-state index is 14.4. The molecular formula is C28H29FN2O5. The van der Waals surface area contributed by atoms with Crippen molar-refractivity contribution in [2.75, 3.05) is 31.7 Å². The van der Waals surface area contributed by atoms with E-state index in [1.165, 1.54) is 23.1 Å². The van der Waals surface area contributed by atoms with Crippen LogP contribution in [0, 0.1) is 5.82 Å². The first-order valence-corrected chi connectivity index (χ1v) is 12.0. The van der Waals surface area contributed by atoms with Crippen molar-refractivity contribution in [2.45, 2.75) is 26.8 Å². The smallest absolute Gasteiger partial charge is 0.255 e. The number of rotatable bonds is 8. The van der Waals surface area contributed by atoms with E-state index in [1.54, 1.807) is 12.1 Å². The fourth-order valence-electron chi connectivity index (χ4n) is 4.34. The van der Waals surface area contributed by atoms with Crippen molar-refractivity contribution in [3.05, 3.63) is 83.2 Å². The normalized spacial score (nSPS) is 14.9. The number of nitrogens with one attached hydrogen (secondary N) is 1. The summed E-state index contributed by atoms with van der Waals surface area (Å²) in [6.45, 7) is 6.39. The molecule has 0 radical (unpaired) electrons. The van der Waals surface area contributed by atoms with Gasteiger partial charge in [0.2, 0.25) is 11.7 Å². The van der Waals surface area contributed by atoms with Gasteiger partial charge >= 0.3 is 0 Å². The molecule has 0 bridgehead atoms. The second kappa shape index (κ2) is 11.1. The van der Waals surface area contributed by atoms with Gasteiger partial charge in [0.1, 0.15) is 12.4 Å². The van der Waals surface area contributed by atoms with Gasteiger partial charge in [-0.2, -0.15) is 0 Å². The summed E-state index contributed by atoms with van der Waals surface area (Å²) in [5, 5.41) is 2.81. The van der Waals surface area contributed by atoms with Crippen LogP contribution < -0.4 is 19.5 Å². The second-order valence-corrected chi connectivity index (χ2v) is 8.13. The Hall–Kier alpha value is -4.07. The second-order valence-electron chi connectivity index (χ2n) is 8.13. The minimum Gasteiger partial charge on any atom is -0.490 e. The van der Waals surface area contributed by atoms with Crippen LogP contribution in [-0.2, 0) is 4.79 Å². The average Bonchev–Trinajstić information content (AvgIpc) is 3.01. The van der Waals surface area contributed by atoms with Gasteiger partial charge in [-0.1, -0.05) is 30.3 Å². The third kappa shape index (κ3) is 5.12. The van der Waals surface area contributed by atoms with Gasteiger partial charge in [-0.05, 0) is 56.7 Å². The fraction of sp³-hybridized carbons (Fsp3) is 0.286. The van der Waals surface area contributed by atoms with Crippen LogP contribution in [0.1, 0.15) is 48.3 Å². The fourth-order valence-corrected chi connectivity index (χ4v) is 4.34. The Kier molecular flexibility index (Phi) is 7.73. The van der Waals surface area contributed by atoms with E-state index in [4.69, 9.17) is 14.2 Å². The van der Waals surface area contributed by atoms with Crippen molar-refractivity contribution >= 4 is 17.5 Å². The Bertz CT molecular complexity index is 1220. The first kappa shape index (κ1) is 25.0. The number of carbonyl (C=O) groups excluding carboxylic acids is 2. The van der Waals surface area contributed by atoms with Crippen molar-refractivity contribution in [3.8, 4) is 17.2 Å². The molecule has 0 unspecified atom stereocenters. The summed E-state index contributed by atoms with van der Waals surface area (Å²) in [5.74, 6) is -0.113. The number of carbonyl (C=O) groups is 2. The number of nitrogens with zero attached hydrogens (tertiary/aromatic N) is 1. The SMILES string of the molecule is CCOc1cc(C(=O)N2CC(=O)Nc3ccc(F)cc3[C@H]2c2ccccc2)cc(OCC)c1OCC. The molecule has 1 atom stereocenters. The van der Waals surface area contributed by atoms with Gasteiger partial charge in [-0.3, -0.25) is 9.59 Å². The van der Waals surface area contributed by atoms with Gasteiger partial charge in [0, 0.05) is 16.8 Å². The number of hydrogen-bond donors (Lipinski definition) is 1. The number of fused-ring (bicyclic) bond motifs is 1. The Morgan fingerprint density at radius 3 is 2.19 bits per heavy atom. The molecule has 1 aliphatic heterocycles. The molecule has 7 nitrogen and oxygen atoms in total. The van der Waals surface area contributed by atoms with E-state index < -0.39 is 17.8 Å². The number of hydrogen-bond acceptors (Lipinski definition) is 5. The van der Waals surface area contributed by atoms with Crippen LogP contribution >= 0.6 is 0 Å². The van der Waals surface area contributed by atoms with Gasteiger partial charge in [-0.25, -0.2) is 4.39 Å². The van der Waals surface area contributed by atoms with Crippen molar-refractivity contribution < 1.29 is 28.2 Å². The van der Waals surface area contributed by atoms with Crippen LogP contribution in [0.15, 0.2) is 60.7 Å². The van der Waals surface area contributed by atoms with Crippen LogP contribution in [0.4, 0.5) is 10.1 Å². The molecule has 1 N–H and O–H groups in total. The largest absolute Gasteiger partial charge is 0.490 e. The zero-order valence-electron chi connectivity index (χ0n) is 20.5. The van der Waals surface area contributed by atoms with E-state index in [0.717, 1.165) is 5.56 Å². The van der Waals surface area contributed by atoms with E-state index in [1.807, 2.05) is 51.1 Å². The van der Waals surface area contributed by atoms with Gasteiger partial charge in [0.05, 0.1) is 25.9 Å². The quantitative estimate of drug-likeness (QED) is 0.467. The molecule has 4 rings (SSSR count). The molecule has 0 aliphatic carbocycles. The molecule has 0 saturated heterocycles. The lowest BCUT2D eigenvalue weighted by molar-refractivity contribution is -0.117. The molecule has 2 amide bonds. The van der Waals surface area contributed by atoms with E-state index in [9.17, 15) is 14.0 Å². The summed E-state index contributed by atoms with van der Waals surface area (Å²) in [6.07, 6.45) is 0. The van der Waals surface area contributed by atoms with Crippen molar-refractivity contribution in [1.29, 1.82) is 0 Å². The summed E-state index contributed by atoms with van der Waals surface area (Å²) in [5.41, 5.74) is 1.96. The Balaban J connectivity index is 1.87. The summed E-state index contributed by atoms with van der Waals surface area (Å²) in [4.78, 5) is 28.4. The van der Waals surface area contributed by atoms with Crippen LogP contribution in [0.5, 0.6) is 17.2 Å². The molecule has 0 fully saturated rings. The minimum atomic E-state index is -0.707. The van der Waals surface area contributed by atoms with Crippen LogP contribution in [0.2, 0.25) is 0 Å². The average molecular weight is 493 g/mol. The summed E-state index contributed by atoms with van der Waals surface area (Å²) in [7, 11) is 0. The number of halogens is 1. The monoisotopic (exact) mass is 492 g/mol. The summed E-state index contributed by atoms with van der Waals surface area (Å²) < 4.78 is 31.7. The lowest BCUT2D eigenvalue weighted by Gasteiger charge is -2.31. The highest BCUT2D eigenvalue weighted by atomic mass is 19.1. The van der Waals surface area contributed by atoms with E-state index >= 15 is 0 Å². The number of benzene rings is 3. The maximum absolute atomic E-state index is 14.4. The standard InChI is InChI=1S/C28H29FN2O5/c1-4-34-23-14-19(15-24(35-5-2)27(23)36-6-3)28(33)31-17-25(32)30-22-13-12-20(29)16-21(22)26(31)18-10-8-7-9-11-18/h7-16,26H,4-6,17H2,1-3H3,(H,30,32)/t26-/m1/s1. The Morgan fingerprint density at radius 2 is 1.58 bits per heavy atom. The zero-order valence-corrected chi connectivity index (χ0v) is 20.5. The highest BCUT2D eigenvalue weighted by Crippen LogP contribution is 2.41. The van der Waals surface area contributed by atoms with E-state index in [2.05, 4.69) is 5.32 Å². The van der Waals surface area contributed by atoms with E-state index in [0.29, 0.717) is 48.3 Å². The van der Waals surface area contributed by atoms with Crippen molar-refractivity contribution in [3.63, 3.8) is 0 Å². The lowest BCUT2D eigenvalue weighted by atomic mass is 9.95. The predicted octanol–water partition coefficient (Wildman–Crippen LogP) is 5.21. The minimum absolute atomic E-state index is 0.226. The molecule has 1 aliphatic rings. The van der Waals surface area contributed by atoms with Gasteiger partial charge in [0.25, 0.3) is 5.91 Å². The molecule has 0 spiro atoms. The highest BCUT2D eigenvalue weighted by molar-refractivity contribution is 6.02. The Morgan fingerprint density at radius 1 is 0.944 bits per heavy atom. The number of anilines is 1. The molecule has 3 aromatic rings. The highest BCUT2D eigenvalue weighted by Gasteiger charge is 2.35. The zero-order chi connectivity index (χ0) is 25.7. The van der Waals surface area contributed by atoms with Crippen LogP contribution in [0.25, 0.3) is 0 Å². The summed E-state index contributed by atoms with van der Waals surface area (Å²) in [6, 6.07) is 15.9. The number of ether oxygens (including phenoxy) is 3. The van der Waals surface area contributed by atoms with Crippen molar-refractivity contribution in [2.24, 2.45) is 0 Å². The van der Waals surface area contributed by atoms with Gasteiger partial charge in [-0.15, -0.1) is 0 Å². The molecule has 1 heterocycles. The van der Waals surface area contributed by atoms with Crippen LogP contribution in [0.3, 0.4) is 0 Å². The predicted molar refractivity (Wildman–Crippen MR) is 134 cm³/mol. The lowest BCUT2D eigenvalue weighted by Crippen LogP contribution is -2.39. The molecule has 0 saturated carbocycles. The molecule has 0 aromatic heterocycles. The number of amides is 2. The van der Waals surface area contributed by atoms with Gasteiger partial charge < -0.3 is 24.4 Å². The van der Waals surface area contributed by atoms with Crippen LogP contribution in [-0.4, -0.2) is 43.1 Å². The molecular weight excluding hydrogens is 463 g/mol. The van der Waals surface area contributed by atoms with Gasteiger partial charge in [0.15, 0.2) is 11.5 Å².